The first-order valence-corrected chi connectivity index (χ1v) is 9.00. The maximum absolute atomic E-state index is 12.8. The van der Waals surface area contributed by atoms with Gasteiger partial charge < -0.3 is 10.2 Å². The molecule has 2 aromatic heterocycles. The van der Waals surface area contributed by atoms with Crippen LogP contribution in [0.5, 0.6) is 0 Å². The molecule has 0 saturated heterocycles. The van der Waals surface area contributed by atoms with Crippen LogP contribution in [0.25, 0.3) is 0 Å². The van der Waals surface area contributed by atoms with E-state index in [0.29, 0.717) is 18.7 Å². The number of aromatic amines is 1. The van der Waals surface area contributed by atoms with Crippen molar-refractivity contribution in [1.29, 1.82) is 0 Å². The number of aromatic nitrogens is 2. The minimum absolute atomic E-state index is 0.114. The van der Waals surface area contributed by atoms with Gasteiger partial charge in [0.05, 0.1) is 18.8 Å². The van der Waals surface area contributed by atoms with Gasteiger partial charge in [-0.25, -0.2) is 4.79 Å². The second-order valence-corrected chi connectivity index (χ2v) is 6.33. The molecular weight excluding hydrogens is 360 g/mol. The van der Waals surface area contributed by atoms with Crippen molar-refractivity contribution in [2.24, 2.45) is 0 Å². The smallest absolute Gasteiger partial charge is 0.329 e. The zero-order chi connectivity index (χ0) is 20.1. The molecule has 0 aliphatic heterocycles. The summed E-state index contributed by atoms with van der Waals surface area (Å²) >= 11 is 0. The van der Waals surface area contributed by atoms with Crippen LogP contribution in [0.3, 0.4) is 0 Å². The number of ketones is 1. The van der Waals surface area contributed by atoms with Crippen molar-refractivity contribution in [2.45, 2.75) is 25.9 Å². The summed E-state index contributed by atoms with van der Waals surface area (Å²) in [5, 5.41) is 3.12. The average molecular weight is 382 g/mol. The van der Waals surface area contributed by atoms with Crippen molar-refractivity contribution in [3.63, 3.8) is 0 Å². The van der Waals surface area contributed by atoms with Crippen LogP contribution in [0.4, 0.5) is 5.82 Å². The summed E-state index contributed by atoms with van der Waals surface area (Å²) in [6.45, 7) is 2.03. The van der Waals surface area contributed by atoms with Crippen molar-refractivity contribution in [2.75, 3.05) is 12.3 Å². The number of Topliss-reactive ketones (excluding diaryl/α,β-unsaturated/α-hetero) is 1. The number of H-pyrrole nitrogens is 1. The Morgan fingerprint density at radius 1 is 1.21 bits per heavy atom. The van der Waals surface area contributed by atoms with Crippen molar-refractivity contribution in [3.05, 3.63) is 86.5 Å². The minimum atomic E-state index is -0.782. The van der Waals surface area contributed by atoms with Gasteiger partial charge in [0, 0.05) is 6.54 Å². The highest BCUT2D eigenvalue weighted by Gasteiger charge is 2.22. The fraction of sp³-hybridized carbons (Fsp3) is 0.250. The van der Waals surface area contributed by atoms with E-state index in [2.05, 4.69) is 10.3 Å². The molecule has 0 fully saturated rings. The number of hydrogen-bond donors (Lipinski definition) is 3. The zero-order valence-corrected chi connectivity index (χ0v) is 15.5. The molecule has 0 unspecified atom stereocenters. The third-order valence-electron chi connectivity index (χ3n) is 4.39. The van der Waals surface area contributed by atoms with Gasteiger partial charge in [0.25, 0.3) is 5.56 Å². The number of nitrogens with one attached hydrogen (secondary N) is 2. The summed E-state index contributed by atoms with van der Waals surface area (Å²) in [6, 6.07) is 12.7. The first-order chi connectivity index (χ1) is 13.5. The number of carbonyl (C=O) groups excluding carboxylic acids is 1. The Labute approximate surface area is 161 Å². The van der Waals surface area contributed by atoms with Crippen molar-refractivity contribution in [3.8, 4) is 0 Å². The van der Waals surface area contributed by atoms with Crippen LogP contribution in [0.1, 0.15) is 41.1 Å². The van der Waals surface area contributed by atoms with E-state index < -0.39 is 17.0 Å². The van der Waals surface area contributed by atoms with E-state index in [9.17, 15) is 14.4 Å². The largest absolute Gasteiger partial charge is 0.467 e. The normalized spacial score (nSPS) is 12.0. The zero-order valence-electron chi connectivity index (χ0n) is 15.5. The molecule has 0 bridgehead atoms. The number of rotatable bonds is 8. The number of nitrogens with two attached hydrogens (primary N) is 1. The molecule has 28 heavy (non-hydrogen) atoms. The van der Waals surface area contributed by atoms with E-state index in [1.54, 1.807) is 18.4 Å². The topological polar surface area (TPSA) is 123 Å². The van der Waals surface area contributed by atoms with Crippen LogP contribution in [0, 0.1) is 0 Å². The second-order valence-electron chi connectivity index (χ2n) is 6.33. The highest BCUT2D eigenvalue weighted by atomic mass is 16.3. The number of benzene rings is 1. The van der Waals surface area contributed by atoms with Crippen molar-refractivity contribution >= 4 is 11.6 Å². The first kappa shape index (κ1) is 19.4. The molecule has 146 valence electrons. The number of nitrogen functional groups attached to an aromatic ring is 1. The fourth-order valence-electron chi connectivity index (χ4n) is 3.07. The molecule has 0 radical (unpaired) electrons. The lowest BCUT2D eigenvalue weighted by atomic mass is 10.0. The SMILES string of the molecule is CCCn1c(N)c(C(=O)CN[C@H](c2ccccc2)c2ccco2)c(=O)[nH]c1=O. The van der Waals surface area contributed by atoms with Crippen molar-refractivity contribution < 1.29 is 9.21 Å². The summed E-state index contributed by atoms with van der Waals surface area (Å²) in [7, 11) is 0. The van der Waals surface area contributed by atoms with E-state index in [0.717, 1.165) is 5.56 Å². The van der Waals surface area contributed by atoms with Crippen LogP contribution in [0.2, 0.25) is 0 Å². The van der Waals surface area contributed by atoms with E-state index in [-0.39, 0.29) is 24.0 Å². The predicted molar refractivity (Wildman–Crippen MR) is 105 cm³/mol. The maximum Gasteiger partial charge on any atom is 0.329 e. The van der Waals surface area contributed by atoms with Crippen LogP contribution in [-0.4, -0.2) is 21.9 Å². The maximum atomic E-state index is 12.8. The van der Waals surface area contributed by atoms with E-state index >= 15 is 0 Å². The summed E-state index contributed by atoms with van der Waals surface area (Å²) < 4.78 is 6.69. The van der Waals surface area contributed by atoms with Crippen LogP contribution >= 0.6 is 0 Å². The Bertz CT molecular complexity index is 1050. The Kier molecular flexibility index (Phi) is 5.90. The Hall–Kier alpha value is -3.39. The quantitative estimate of drug-likeness (QED) is 0.510. The van der Waals surface area contributed by atoms with Gasteiger partial charge in [-0.05, 0) is 24.1 Å². The molecule has 1 atom stereocenters. The molecule has 3 rings (SSSR count). The number of carbonyl (C=O) groups is 1. The van der Waals surface area contributed by atoms with Gasteiger partial charge in [-0.3, -0.25) is 24.5 Å². The van der Waals surface area contributed by atoms with E-state index in [4.69, 9.17) is 10.2 Å². The average Bonchev–Trinajstić information content (AvgIpc) is 3.20. The Balaban J connectivity index is 1.87. The monoisotopic (exact) mass is 382 g/mol. The van der Waals surface area contributed by atoms with Gasteiger partial charge in [-0.1, -0.05) is 37.3 Å². The molecule has 8 heteroatoms. The van der Waals surface area contributed by atoms with Gasteiger partial charge in [0.15, 0.2) is 5.78 Å². The number of nitrogens with zero attached hydrogens (tertiary/aromatic N) is 1. The molecular formula is C20H22N4O4. The third kappa shape index (κ3) is 3.96. The van der Waals surface area contributed by atoms with Crippen LogP contribution in [-0.2, 0) is 6.54 Å². The molecule has 8 nitrogen and oxygen atoms in total. The van der Waals surface area contributed by atoms with Gasteiger partial charge in [-0.15, -0.1) is 0 Å². The summed E-state index contributed by atoms with van der Waals surface area (Å²) in [5.41, 5.74) is 5.25. The van der Waals surface area contributed by atoms with E-state index in [1.807, 2.05) is 37.3 Å². The lowest BCUT2D eigenvalue weighted by molar-refractivity contribution is 0.0986. The fourth-order valence-corrected chi connectivity index (χ4v) is 3.07. The predicted octanol–water partition coefficient (Wildman–Crippen LogP) is 1.68. The number of anilines is 1. The second kappa shape index (κ2) is 8.53. The number of furan rings is 1. The Morgan fingerprint density at radius 3 is 2.61 bits per heavy atom. The van der Waals surface area contributed by atoms with Gasteiger partial charge in [0.2, 0.25) is 0 Å². The first-order valence-electron chi connectivity index (χ1n) is 9.00. The molecule has 2 heterocycles. The van der Waals surface area contributed by atoms with Crippen LogP contribution < -0.4 is 22.3 Å². The highest BCUT2D eigenvalue weighted by Crippen LogP contribution is 2.22. The summed E-state index contributed by atoms with van der Waals surface area (Å²) in [6.07, 6.45) is 2.19. The molecule has 1 aromatic carbocycles. The lowest BCUT2D eigenvalue weighted by Crippen LogP contribution is -2.38. The molecule has 0 amide bonds. The van der Waals surface area contributed by atoms with E-state index in [1.165, 1.54) is 4.57 Å². The highest BCUT2D eigenvalue weighted by molar-refractivity contribution is 6.01. The third-order valence-corrected chi connectivity index (χ3v) is 4.39. The number of hydrogen-bond acceptors (Lipinski definition) is 6. The Morgan fingerprint density at radius 2 is 1.96 bits per heavy atom. The minimum Gasteiger partial charge on any atom is -0.467 e. The van der Waals surface area contributed by atoms with Gasteiger partial charge in [0.1, 0.15) is 17.1 Å². The van der Waals surface area contributed by atoms with Gasteiger partial charge >= 0.3 is 5.69 Å². The lowest BCUT2D eigenvalue weighted by Gasteiger charge is -2.17. The summed E-state index contributed by atoms with van der Waals surface area (Å²) in [4.78, 5) is 39.0. The molecule has 3 aromatic rings. The molecule has 0 aliphatic carbocycles. The van der Waals surface area contributed by atoms with Crippen molar-refractivity contribution in [1.82, 2.24) is 14.9 Å². The molecule has 0 spiro atoms. The molecule has 4 N–H and O–H groups in total. The molecule has 0 aliphatic rings. The summed E-state index contributed by atoms with van der Waals surface area (Å²) in [5.74, 6) is 0.0181. The standard InChI is InChI=1S/C20H22N4O4/c1-2-10-24-18(21)16(19(26)23-20(24)27)14(25)12-22-17(15-9-6-11-28-15)13-7-4-3-5-8-13/h3-9,11,17,22H,2,10,12,21H2,1H3,(H,23,26,27)/t17-/m1/s1. The van der Waals surface area contributed by atoms with Crippen LogP contribution in [0.15, 0.2) is 62.7 Å². The van der Waals surface area contributed by atoms with Gasteiger partial charge in [-0.2, -0.15) is 0 Å². The molecule has 0 saturated carbocycles.